The van der Waals surface area contributed by atoms with Gasteiger partial charge in [-0.3, -0.25) is 9.52 Å². The topological polar surface area (TPSA) is 75.3 Å². The SMILES string of the molecule is Cc1ccc(S(=O)(=O)Nc2ccc(C(=O)NC3CCCCCC3)c(Cl)c2)cc1. The number of hydrogen-bond acceptors (Lipinski definition) is 3. The van der Waals surface area contributed by atoms with E-state index in [4.69, 9.17) is 11.6 Å². The fraction of sp³-hybridized carbons (Fsp3) is 0.381. The summed E-state index contributed by atoms with van der Waals surface area (Å²) in [6.45, 7) is 1.89. The maximum atomic E-state index is 12.6. The number of rotatable bonds is 5. The molecule has 0 saturated heterocycles. The van der Waals surface area contributed by atoms with E-state index in [0.29, 0.717) is 11.3 Å². The van der Waals surface area contributed by atoms with Gasteiger partial charge >= 0.3 is 0 Å². The normalized spacial score (nSPS) is 15.6. The third kappa shape index (κ3) is 5.26. The van der Waals surface area contributed by atoms with Crippen LogP contribution in [-0.4, -0.2) is 20.4 Å². The van der Waals surface area contributed by atoms with Gasteiger partial charge in [0.05, 0.1) is 21.2 Å². The lowest BCUT2D eigenvalue weighted by atomic mass is 10.1. The zero-order valence-corrected chi connectivity index (χ0v) is 17.4. The second kappa shape index (κ2) is 8.97. The second-order valence-corrected chi connectivity index (χ2v) is 9.36. The van der Waals surface area contributed by atoms with Gasteiger partial charge in [-0.2, -0.15) is 0 Å². The third-order valence-electron chi connectivity index (χ3n) is 4.99. The maximum absolute atomic E-state index is 12.6. The standard InChI is InChI=1S/C21H25ClN2O3S/c1-15-8-11-18(12-9-15)28(26,27)24-17-10-13-19(20(22)14-17)21(25)23-16-6-4-2-3-5-7-16/h8-14,16,24H,2-7H2,1H3,(H,23,25). The van der Waals surface area contributed by atoms with Gasteiger partial charge in [0.1, 0.15) is 0 Å². The van der Waals surface area contributed by atoms with Crippen molar-refractivity contribution >= 4 is 33.2 Å². The number of nitrogens with one attached hydrogen (secondary N) is 2. The van der Waals surface area contributed by atoms with Crippen molar-refractivity contribution in [2.24, 2.45) is 0 Å². The molecule has 1 aliphatic carbocycles. The van der Waals surface area contributed by atoms with Crippen molar-refractivity contribution in [1.29, 1.82) is 0 Å². The lowest BCUT2D eigenvalue weighted by molar-refractivity contribution is 0.0933. The Bertz CT molecular complexity index is 935. The van der Waals surface area contributed by atoms with Crippen LogP contribution in [-0.2, 0) is 10.0 Å². The number of carbonyl (C=O) groups excluding carboxylic acids is 1. The molecule has 28 heavy (non-hydrogen) atoms. The number of hydrogen-bond donors (Lipinski definition) is 2. The van der Waals surface area contributed by atoms with E-state index in [1.54, 1.807) is 36.4 Å². The number of carbonyl (C=O) groups is 1. The van der Waals surface area contributed by atoms with Gasteiger partial charge in [0.15, 0.2) is 0 Å². The van der Waals surface area contributed by atoms with Crippen LogP contribution in [0.1, 0.15) is 54.4 Å². The van der Waals surface area contributed by atoms with E-state index in [1.807, 2.05) is 6.92 Å². The zero-order chi connectivity index (χ0) is 20.1. The molecule has 0 bridgehead atoms. The molecule has 5 nitrogen and oxygen atoms in total. The van der Waals surface area contributed by atoms with Crippen LogP contribution in [0.25, 0.3) is 0 Å². The smallest absolute Gasteiger partial charge is 0.261 e. The van der Waals surface area contributed by atoms with Crippen molar-refractivity contribution in [3.8, 4) is 0 Å². The molecule has 0 unspecified atom stereocenters. The van der Waals surface area contributed by atoms with E-state index in [0.717, 1.165) is 31.2 Å². The molecule has 7 heteroatoms. The lowest BCUT2D eigenvalue weighted by Gasteiger charge is -2.17. The number of halogens is 1. The maximum Gasteiger partial charge on any atom is 0.261 e. The van der Waals surface area contributed by atoms with Gasteiger partial charge in [0, 0.05) is 6.04 Å². The summed E-state index contributed by atoms with van der Waals surface area (Å²) in [6, 6.07) is 11.3. The largest absolute Gasteiger partial charge is 0.349 e. The van der Waals surface area contributed by atoms with Gasteiger partial charge in [0.2, 0.25) is 0 Å². The molecule has 2 N–H and O–H groups in total. The predicted octanol–water partition coefficient (Wildman–Crippen LogP) is 4.90. The molecule has 150 valence electrons. The zero-order valence-electron chi connectivity index (χ0n) is 15.9. The first-order valence-electron chi connectivity index (χ1n) is 9.55. The second-order valence-electron chi connectivity index (χ2n) is 7.28. The molecule has 0 radical (unpaired) electrons. The fourth-order valence-electron chi connectivity index (χ4n) is 3.38. The highest BCUT2D eigenvalue weighted by Crippen LogP contribution is 2.24. The first kappa shape index (κ1) is 20.7. The summed E-state index contributed by atoms with van der Waals surface area (Å²) in [4.78, 5) is 12.7. The van der Waals surface area contributed by atoms with Crippen molar-refractivity contribution < 1.29 is 13.2 Å². The van der Waals surface area contributed by atoms with E-state index in [-0.39, 0.29) is 21.9 Å². The average molecular weight is 421 g/mol. The Balaban J connectivity index is 1.71. The third-order valence-corrected chi connectivity index (χ3v) is 6.70. The number of benzene rings is 2. The Labute approximate surface area is 171 Å². The van der Waals surface area contributed by atoms with Crippen molar-refractivity contribution in [1.82, 2.24) is 5.32 Å². The van der Waals surface area contributed by atoms with E-state index in [1.165, 1.54) is 18.9 Å². The first-order chi connectivity index (χ1) is 13.3. The van der Waals surface area contributed by atoms with Crippen LogP contribution in [0.4, 0.5) is 5.69 Å². The van der Waals surface area contributed by atoms with Crippen LogP contribution in [0.3, 0.4) is 0 Å². The van der Waals surface area contributed by atoms with Gasteiger partial charge in [0.25, 0.3) is 15.9 Å². The molecule has 1 aliphatic rings. The van der Waals surface area contributed by atoms with Crippen molar-refractivity contribution in [2.75, 3.05) is 4.72 Å². The minimum absolute atomic E-state index is 0.171. The Morgan fingerprint density at radius 3 is 2.25 bits per heavy atom. The van der Waals surface area contributed by atoms with E-state index in [2.05, 4.69) is 10.0 Å². The molecule has 0 atom stereocenters. The Morgan fingerprint density at radius 2 is 1.64 bits per heavy atom. The Morgan fingerprint density at radius 1 is 1.00 bits per heavy atom. The Hall–Kier alpha value is -2.05. The molecular formula is C21H25ClN2O3S. The Kier molecular flexibility index (Phi) is 6.62. The highest BCUT2D eigenvalue weighted by atomic mass is 35.5. The quantitative estimate of drug-likeness (QED) is 0.675. The lowest BCUT2D eigenvalue weighted by Crippen LogP contribution is -2.34. The average Bonchev–Trinajstić information content (AvgIpc) is 2.90. The van der Waals surface area contributed by atoms with Crippen LogP contribution in [0.15, 0.2) is 47.4 Å². The van der Waals surface area contributed by atoms with Crippen molar-refractivity contribution in [3.05, 3.63) is 58.6 Å². The monoisotopic (exact) mass is 420 g/mol. The number of aryl methyl sites for hydroxylation is 1. The summed E-state index contributed by atoms with van der Waals surface area (Å²) in [5.74, 6) is -0.218. The molecule has 1 saturated carbocycles. The van der Waals surface area contributed by atoms with Crippen molar-refractivity contribution in [3.63, 3.8) is 0 Å². The molecule has 3 rings (SSSR count). The summed E-state index contributed by atoms with van der Waals surface area (Å²) in [7, 11) is -3.72. The molecule has 0 aromatic heterocycles. The van der Waals surface area contributed by atoms with Gasteiger partial charge in [-0.25, -0.2) is 8.42 Å². The van der Waals surface area contributed by atoms with E-state index in [9.17, 15) is 13.2 Å². The van der Waals surface area contributed by atoms with Crippen LogP contribution in [0.2, 0.25) is 5.02 Å². The summed E-state index contributed by atoms with van der Waals surface area (Å²) in [5.41, 5.74) is 1.65. The van der Waals surface area contributed by atoms with Gasteiger partial charge in [-0.05, 0) is 50.1 Å². The number of sulfonamides is 1. The molecule has 0 heterocycles. The van der Waals surface area contributed by atoms with Crippen LogP contribution in [0, 0.1) is 6.92 Å². The molecule has 0 spiro atoms. The summed E-state index contributed by atoms with van der Waals surface area (Å²) >= 11 is 6.27. The van der Waals surface area contributed by atoms with Gasteiger partial charge < -0.3 is 5.32 Å². The number of anilines is 1. The predicted molar refractivity (Wildman–Crippen MR) is 112 cm³/mol. The minimum Gasteiger partial charge on any atom is -0.349 e. The highest BCUT2D eigenvalue weighted by Gasteiger charge is 2.19. The molecule has 2 aromatic carbocycles. The summed E-state index contributed by atoms with van der Waals surface area (Å²) in [6.07, 6.45) is 6.64. The molecule has 0 aliphatic heterocycles. The molecule has 1 amide bonds. The fourth-order valence-corrected chi connectivity index (χ4v) is 4.70. The molecule has 2 aromatic rings. The highest BCUT2D eigenvalue weighted by molar-refractivity contribution is 7.92. The van der Waals surface area contributed by atoms with Gasteiger partial charge in [-0.15, -0.1) is 0 Å². The molecule has 1 fully saturated rings. The van der Waals surface area contributed by atoms with Crippen LogP contribution < -0.4 is 10.0 Å². The van der Waals surface area contributed by atoms with E-state index < -0.39 is 10.0 Å². The number of amides is 1. The van der Waals surface area contributed by atoms with Gasteiger partial charge in [-0.1, -0.05) is 55.0 Å². The molecular weight excluding hydrogens is 396 g/mol. The van der Waals surface area contributed by atoms with Crippen LogP contribution in [0.5, 0.6) is 0 Å². The summed E-state index contributed by atoms with van der Waals surface area (Å²) < 4.78 is 27.5. The first-order valence-corrected chi connectivity index (χ1v) is 11.4. The summed E-state index contributed by atoms with van der Waals surface area (Å²) in [5, 5.41) is 3.27. The minimum atomic E-state index is -3.72. The van der Waals surface area contributed by atoms with E-state index >= 15 is 0 Å². The van der Waals surface area contributed by atoms with Crippen molar-refractivity contribution in [2.45, 2.75) is 56.4 Å². The van der Waals surface area contributed by atoms with Crippen LogP contribution >= 0.6 is 11.6 Å².